The zero-order valence-corrected chi connectivity index (χ0v) is 11.5. The Morgan fingerprint density at radius 2 is 1.94 bits per heavy atom. The highest BCUT2D eigenvalue weighted by molar-refractivity contribution is 4.91. The number of nitrogens with zero attached hydrogens (tertiary/aromatic N) is 1. The van der Waals surface area contributed by atoms with Crippen LogP contribution in [0.2, 0.25) is 0 Å². The molecule has 1 aliphatic carbocycles. The number of hydrogen-bond acceptors (Lipinski definition) is 4. The Balaban J connectivity index is 1.95. The van der Waals surface area contributed by atoms with E-state index in [4.69, 9.17) is 4.74 Å². The quantitative estimate of drug-likeness (QED) is 0.746. The third kappa shape index (κ3) is 3.44. The summed E-state index contributed by atoms with van der Waals surface area (Å²) in [5, 5.41) is 19.2. The lowest BCUT2D eigenvalue weighted by molar-refractivity contribution is -0.154. The van der Waals surface area contributed by atoms with Gasteiger partial charge in [0.15, 0.2) is 0 Å². The standard InChI is InChI=1S/C14H27NO3/c1-12(17)7-15(13-5-3-2-4-6-13)8-14(9-16)10-18-11-14/h12-13,16-17H,2-11H2,1H3. The van der Waals surface area contributed by atoms with Crippen LogP contribution in [-0.4, -0.2) is 60.2 Å². The van der Waals surface area contributed by atoms with Gasteiger partial charge in [-0.05, 0) is 19.8 Å². The van der Waals surface area contributed by atoms with Gasteiger partial charge in [-0.25, -0.2) is 0 Å². The van der Waals surface area contributed by atoms with Crippen LogP contribution in [0.25, 0.3) is 0 Å². The molecule has 18 heavy (non-hydrogen) atoms. The average molecular weight is 257 g/mol. The lowest BCUT2D eigenvalue weighted by Gasteiger charge is -2.46. The van der Waals surface area contributed by atoms with Crippen molar-refractivity contribution >= 4 is 0 Å². The molecule has 0 aromatic carbocycles. The monoisotopic (exact) mass is 257 g/mol. The molecule has 0 spiro atoms. The molecule has 1 saturated carbocycles. The SMILES string of the molecule is CC(O)CN(CC1(CO)COC1)C1CCCCC1. The van der Waals surface area contributed by atoms with Gasteiger partial charge >= 0.3 is 0 Å². The highest BCUT2D eigenvalue weighted by Gasteiger charge is 2.41. The number of ether oxygens (including phenoxy) is 1. The van der Waals surface area contributed by atoms with Crippen molar-refractivity contribution < 1.29 is 14.9 Å². The van der Waals surface area contributed by atoms with Crippen molar-refractivity contribution in [2.24, 2.45) is 5.41 Å². The van der Waals surface area contributed by atoms with E-state index in [0.29, 0.717) is 25.8 Å². The first kappa shape index (κ1) is 14.3. The molecule has 1 unspecified atom stereocenters. The third-order valence-corrected chi connectivity index (χ3v) is 4.28. The summed E-state index contributed by atoms with van der Waals surface area (Å²) in [6, 6.07) is 0.581. The van der Waals surface area contributed by atoms with Gasteiger partial charge in [0.2, 0.25) is 0 Å². The van der Waals surface area contributed by atoms with E-state index >= 15 is 0 Å². The van der Waals surface area contributed by atoms with E-state index in [-0.39, 0.29) is 18.1 Å². The number of rotatable bonds is 6. The van der Waals surface area contributed by atoms with Crippen molar-refractivity contribution in [1.29, 1.82) is 0 Å². The van der Waals surface area contributed by atoms with E-state index in [0.717, 1.165) is 6.54 Å². The molecule has 0 aromatic heterocycles. The second-order valence-corrected chi connectivity index (χ2v) is 6.22. The van der Waals surface area contributed by atoms with Gasteiger partial charge in [0.1, 0.15) is 0 Å². The highest BCUT2D eigenvalue weighted by atomic mass is 16.5. The fraction of sp³-hybridized carbons (Fsp3) is 1.00. The average Bonchev–Trinajstić information content (AvgIpc) is 2.33. The van der Waals surface area contributed by atoms with Gasteiger partial charge in [-0.15, -0.1) is 0 Å². The molecule has 1 atom stereocenters. The maximum atomic E-state index is 9.68. The molecule has 1 heterocycles. The highest BCUT2D eigenvalue weighted by Crippen LogP contribution is 2.31. The van der Waals surface area contributed by atoms with Crippen LogP contribution in [0.3, 0.4) is 0 Å². The molecular formula is C14H27NO3. The fourth-order valence-electron chi connectivity index (χ4n) is 3.18. The van der Waals surface area contributed by atoms with Crippen LogP contribution in [-0.2, 0) is 4.74 Å². The maximum Gasteiger partial charge on any atom is 0.0639 e. The minimum Gasteiger partial charge on any atom is -0.396 e. The number of aliphatic hydroxyl groups excluding tert-OH is 2. The minimum absolute atomic E-state index is 0.0770. The van der Waals surface area contributed by atoms with Crippen molar-refractivity contribution in [1.82, 2.24) is 4.90 Å². The van der Waals surface area contributed by atoms with E-state index < -0.39 is 0 Å². The Morgan fingerprint density at radius 3 is 2.39 bits per heavy atom. The summed E-state index contributed by atoms with van der Waals surface area (Å²) in [7, 11) is 0. The number of aliphatic hydroxyl groups is 2. The van der Waals surface area contributed by atoms with E-state index in [1.807, 2.05) is 6.92 Å². The molecule has 0 amide bonds. The van der Waals surface area contributed by atoms with Crippen LogP contribution in [0.1, 0.15) is 39.0 Å². The molecule has 2 N–H and O–H groups in total. The lowest BCUT2D eigenvalue weighted by atomic mass is 9.84. The molecule has 4 nitrogen and oxygen atoms in total. The predicted octanol–water partition coefficient (Wildman–Crippen LogP) is 1.01. The summed E-state index contributed by atoms with van der Waals surface area (Å²) < 4.78 is 5.27. The maximum absolute atomic E-state index is 9.68. The topological polar surface area (TPSA) is 52.9 Å². The minimum atomic E-state index is -0.302. The molecule has 0 aromatic rings. The van der Waals surface area contributed by atoms with Gasteiger partial charge in [0.25, 0.3) is 0 Å². The van der Waals surface area contributed by atoms with E-state index in [2.05, 4.69) is 4.90 Å². The van der Waals surface area contributed by atoms with E-state index in [9.17, 15) is 10.2 Å². The summed E-state index contributed by atoms with van der Waals surface area (Å²) in [6.45, 7) is 4.93. The Bertz CT molecular complexity index is 242. The molecule has 4 heteroatoms. The van der Waals surface area contributed by atoms with Crippen molar-refractivity contribution in [3.8, 4) is 0 Å². The van der Waals surface area contributed by atoms with Crippen LogP contribution >= 0.6 is 0 Å². The van der Waals surface area contributed by atoms with E-state index in [1.165, 1.54) is 32.1 Å². The van der Waals surface area contributed by atoms with Crippen LogP contribution in [0.15, 0.2) is 0 Å². The first-order valence-electron chi connectivity index (χ1n) is 7.26. The van der Waals surface area contributed by atoms with Gasteiger partial charge in [-0.1, -0.05) is 19.3 Å². The molecule has 2 aliphatic rings. The van der Waals surface area contributed by atoms with Gasteiger partial charge in [0, 0.05) is 19.1 Å². The van der Waals surface area contributed by atoms with Crippen molar-refractivity contribution in [3.63, 3.8) is 0 Å². The van der Waals surface area contributed by atoms with Crippen molar-refractivity contribution in [3.05, 3.63) is 0 Å². The van der Waals surface area contributed by atoms with Crippen LogP contribution in [0.4, 0.5) is 0 Å². The predicted molar refractivity (Wildman–Crippen MR) is 70.5 cm³/mol. The molecule has 2 fully saturated rings. The Labute approximate surface area is 110 Å². The van der Waals surface area contributed by atoms with Crippen LogP contribution in [0, 0.1) is 5.41 Å². The Morgan fingerprint density at radius 1 is 1.28 bits per heavy atom. The molecule has 0 radical (unpaired) electrons. The summed E-state index contributed by atoms with van der Waals surface area (Å²) >= 11 is 0. The molecule has 2 rings (SSSR count). The molecule has 106 valence electrons. The summed E-state index contributed by atoms with van der Waals surface area (Å²) in [5.41, 5.74) is -0.0770. The Hall–Kier alpha value is -0.160. The van der Waals surface area contributed by atoms with Gasteiger partial charge in [-0.2, -0.15) is 0 Å². The van der Waals surface area contributed by atoms with Crippen molar-refractivity contribution in [2.45, 2.75) is 51.2 Å². The Kier molecular flexibility index (Phi) is 5.01. The summed E-state index contributed by atoms with van der Waals surface area (Å²) in [6.07, 6.45) is 6.09. The molecule has 0 bridgehead atoms. The summed E-state index contributed by atoms with van der Waals surface area (Å²) in [4.78, 5) is 2.39. The van der Waals surface area contributed by atoms with Gasteiger partial charge < -0.3 is 14.9 Å². The smallest absolute Gasteiger partial charge is 0.0639 e. The van der Waals surface area contributed by atoms with Gasteiger partial charge in [0.05, 0.1) is 31.3 Å². The van der Waals surface area contributed by atoms with Gasteiger partial charge in [-0.3, -0.25) is 4.90 Å². The number of hydrogen-bond donors (Lipinski definition) is 2. The first-order chi connectivity index (χ1) is 8.65. The zero-order chi connectivity index (χ0) is 13.0. The molecule has 1 aliphatic heterocycles. The lowest BCUT2D eigenvalue weighted by Crippen LogP contribution is -2.56. The normalized spacial score (nSPS) is 26.0. The summed E-state index contributed by atoms with van der Waals surface area (Å²) in [5.74, 6) is 0. The molecular weight excluding hydrogens is 230 g/mol. The third-order valence-electron chi connectivity index (χ3n) is 4.28. The van der Waals surface area contributed by atoms with Crippen LogP contribution < -0.4 is 0 Å². The van der Waals surface area contributed by atoms with Crippen molar-refractivity contribution in [2.75, 3.05) is 32.9 Å². The van der Waals surface area contributed by atoms with E-state index in [1.54, 1.807) is 0 Å². The van der Waals surface area contributed by atoms with Crippen LogP contribution in [0.5, 0.6) is 0 Å². The zero-order valence-electron chi connectivity index (χ0n) is 11.5. The first-order valence-corrected chi connectivity index (χ1v) is 7.26. The second-order valence-electron chi connectivity index (χ2n) is 6.22. The fourth-order valence-corrected chi connectivity index (χ4v) is 3.18. The molecule has 1 saturated heterocycles. The second kappa shape index (κ2) is 6.33. The largest absolute Gasteiger partial charge is 0.396 e.